The van der Waals surface area contributed by atoms with Crippen LogP contribution in [0.1, 0.15) is 18.1 Å². The van der Waals surface area contributed by atoms with E-state index in [1.165, 1.54) is 16.8 Å². The van der Waals surface area contributed by atoms with Crippen molar-refractivity contribution in [2.24, 2.45) is 4.99 Å². The molecular weight excluding hydrogens is 499 g/mol. The van der Waals surface area contributed by atoms with Gasteiger partial charge in [-0.25, -0.2) is 4.99 Å². The van der Waals surface area contributed by atoms with E-state index in [-0.39, 0.29) is 24.0 Å². The van der Waals surface area contributed by atoms with Gasteiger partial charge in [-0.2, -0.15) is 0 Å². The molecule has 158 valence electrons. The van der Waals surface area contributed by atoms with Crippen molar-refractivity contribution in [3.63, 3.8) is 0 Å². The zero-order valence-electron chi connectivity index (χ0n) is 16.9. The topological polar surface area (TPSA) is 48.9 Å². The fraction of sp³-hybridized carbons (Fsp3) is 0.409. The number of guanidine groups is 1. The number of nitrogens with one attached hydrogen (secondary N) is 2. The molecule has 0 saturated carbocycles. The number of morpholine rings is 1. The summed E-state index contributed by atoms with van der Waals surface area (Å²) in [5, 5.41) is 7.52. The van der Waals surface area contributed by atoms with E-state index in [0.717, 1.165) is 56.8 Å². The van der Waals surface area contributed by atoms with E-state index in [9.17, 15) is 0 Å². The third kappa shape index (κ3) is 7.68. The second-order valence-corrected chi connectivity index (χ2v) is 7.17. The van der Waals surface area contributed by atoms with Gasteiger partial charge >= 0.3 is 0 Å². The molecule has 2 aromatic carbocycles. The lowest BCUT2D eigenvalue weighted by Gasteiger charge is -2.30. The number of benzene rings is 2. The van der Waals surface area contributed by atoms with Crippen LogP contribution < -0.4 is 15.5 Å². The number of halogens is 2. The van der Waals surface area contributed by atoms with Crippen molar-refractivity contribution in [2.75, 3.05) is 44.3 Å². The molecule has 0 aromatic heterocycles. The standard InChI is InChI=1S/C22H29ClN4O.HI/c1-2-24-22(25-11-10-18-6-5-8-20(23)16-18)26-17-19-7-3-4-9-21(19)27-12-14-28-15-13-27;/h3-9,16H,2,10-15,17H2,1H3,(H2,24,25,26);1H. The van der Waals surface area contributed by atoms with Gasteiger partial charge in [0.25, 0.3) is 0 Å². The van der Waals surface area contributed by atoms with Crippen molar-refractivity contribution in [3.05, 3.63) is 64.7 Å². The number of hydrogen-bond acceptors (Lipinski definition) is 3. The number of para-hydroxylation sites is 1. The second-order valence-electron chi connectivity index (χ2n) is 6.73. The van der Waals surface area contributed by atoms with Gasteiger partial charge in [0.2, 0.25) is 0 Å². The lowest BCUT2D eigenvalue weighted by Crippen LogP contribution is -2.38. The van der Waals surface area contributed by atoms with Crippen LogP contribution in [0.5, 0.6) is 0 Å². The van der Waals surface area contributed by atoms with E-state index in [1.54, 1.807) is 0 Å². The molecule has 29 heavy (non-hydrogen) atoms. The van der Waals surface area contributed by atoms with E-state index in [4.69, 9.17) is 21.3 Å². The summed E-state index contributed by atoms with van der Waals surface area (Å²) in [6.07, 6.45) is 0.898. The molecule has 0 bridgehead atoms. The number of anilines is 1. The Morgan fingerprint density at radius 2 is 1.90 bits per heavy atom. The molecule has 0 atom stereocenters. The van der Waals surface area contributed by atoms with Gasteiger partial charge < -0.3 is 20.3 Å². The Balaban J connectivity index is 0.00000300. The minimum Gasteiger partial charge on any atom is -0.378 e. The minimum absolute atomic E-state index is 0. The van der Waals surface area contributed by atoms with Crippen LogP contribution in [-0.4, -0.2) is 45.4 Å². The Kier molecular flexibility index (Phi) is 10.6. The van der Waals surface area contributed by atoms with Crippen molar-refractivity contribution >= 4 is 47.2 Å². The number of rotatable bonds is 7. The number of hydrogen-bond donors (Lipinski definition) is 2. The Morgan fingerprint density at radius 3 is 2.66 bits per heavy atom. The van der Waals surface area contributed by atoms with Crippen LogP contribution >= 0.6 is 35.6 Å². The molecule has 2 N–H and O–H groups in total. The van der Waals surface area contributed by atoms with Gasteiger partial charge in [0, 0.05) is 36.9 Å². The Hall–Kier alpha value is -1.51. The zero-order chi connectivity index (χ0) is 19.6. The highest BCUT2D eigenvalue weighted by Crippen LogP contribution is 2.22. The SMILES string of the molecule is CCNC(=NCc1ccccc1N1CCOCC1)NCCc1cccc(Cl)c1.I. The van der Waals surface area contributed by atoms with E-state index in [2.05, 4.69) is 52.8 Å². The number of nitrogens with zero attached hydrogens (tertiary/aromatic N) is 2. The molecule has 0 radical (unpaired) electrons. The summed E-state index contributed by atoms with van der Waals surface area (Å²) in [5.41, 5.74) is 3.70. The average molecular weight is 529 g/mol. The summed E-state index contributed by atoms with van der Waals surface area (Å²) in [5.74, 6) is 0.835. The molecule has 3 rings (SSSR count). The largest absolute Gasteiger partial charge is 0.378 e. The number of aliphatic imine (C=N–C) groups is 1. The normalized spacial score (nSPS) is 14.3. The molecule has 1 fully saturated rings. The molecule has 1 aliphatic heterocycles. The van der Waals surface area contributed by atoms with Gasteiger partial charge in [-0.1, -0.05) is 41.9 Å². The first-order chi connectivity index (χ1) is 13.8. The van der Waals surface area contributed by atoms with Gasteiger partial charge in [-0.05, 0) is 42.7 Å². The predicted molar refractivity (Wildman–Crippen MR) is 133 cm³/mol. The Bertz CT molecular complexity index is 781. The molecule has 0 unspecified atom stereocenters. The fourth-order valence-corrected chi connectivity index (χ4v) is 3.49. The van der Waals surface area contributed by atoms with Crippen LogP contribution in [0, 0.1) is 0 Å². The molecule has 7 heteroatoms. The maximum atomic E-state index is 6.06. The molecule has 2 aromatic rings. The lowest BCUT2D eigenvalue weighted by atomic mass is 10.1. The third-order valence-electron chi connectivity index (χ3n) is 4.69. The van der Waals surface area contributed by atoms with Crippen molar-refractivity contribution < 1.29 is 4.74 Å². The highest BCUT2D eigenvalue weighted by molar-refractivity contribution is 14.0. The maximum absolute atomic E-state index is 6.06. The summed E-state index contributed by atoms with van der Waals surface area (Å²) in [4.78, 5) is 7.18. The Morgan fingerprint density at radius 1 is 1.10 bits per heavy atom. The fourth-order valence-electron chi connectivity index (χ4n) is 3.28. The maximum Gasteiger partial charge on any atom is 0.191 e. The van der Waals surface area contributed by atoms with Crippen LogP contribution in [0.4, 0.5) is 5.69 Å². The molecule has 1 heterocycles. The summed E-state index contributed by atoms with van der Waals surface area (Å²) >= 11 is 6.06. The van der Waals surface area contributed by atoms with Gasteiger partial charge in [0.05, 0.1) is 19.8 Å². The first-order valence-corrected chi connectivity index (χ1v) is 10.3. The summed E-state index contributed by atoms with van der Waals surface area (Å²) in [7, 11) is 0. The van der Waals surface area contributed by atoms with Crippen molar-refractivity contribution in [2.45, 2.75) is 19.9 Å². The third-order valence-corrected chi connectivity index (χ3v) is 4.93. The quantitative estimate of drug-likeness (QED) is 0.323. The van der Waals surface area contributed by atoms with Crippen LogP contribution in [0.25, 0.3) is 0 Å². The van der Waals surface area contributed by atoms with E-state index in [1.807, 2.05) is 18.2 Å². The van der Waals surface area contributed by atoms with Crippen molar-refractivity contribution in [1.29, 1.82) is 0 Å². The van der Waals surface area contributed by atoms with E-state index >= 15 is 0 Å². The molecule has 0 aliphatic carbocycles. The van der Waals surface area contributed by atoms with Crippen LogP contribution in [0.15, 0.2) is 53.5 Å². The van der Waals surface area contributed by atoms with Crippen molar-refractivity contribution in [3.8, 4) is 0 Å². The van der Waals surface area contributed by atoms with Crippen LogP contribution in [0.2, 0.25) is 5.02 Å². The van der Waals surface area contributed by atoms with E-state index in [0.29, 0.717) is 6.54 Å². The molecule has 1 saturated heterocycles. The molecule has 0 amide bonds. The molecule has 5 nitrogen and oxygen atoms in total. The molecular formula is C22H30ClIN4O. The Labute approximate surface area is 195 Å². The number of ether oxygens (including phenoxy) is 1. The van der Waals surface area contributed by atoms with E-state index < -0.39 is 0 Å². The van der Waals surface area contributed by atoms with Gasteiger partial charge in [0.15, 0.2) is 5.96 Å². The van der Waals surface area contributed by atoms with Gasteiger partial charge in [0.1, 0.15) is 0 Å². The molecule has 1 aliphatic rings. The van der Waals surface area contributed by atoms with Crippen molar-refractivity contribution in [1.82, 2.24) is 10.6 Å². The monoisotopic (exact) mass is 528 g/mol. The second kappa shape index (κ2) is 12.9. The van der Waals surface area contributed by atoms with Gasteiger partial charge in [-0.15, -0.1) is 24.0 Å². The lowest BCUT2D eigenvalue weighted by molar-refractivity contribution is 0.122. The van der Waals surface area contributed by atoms with Gasteiger partial charge in [-0.3, -0.25) is 0 Å². The predicted octanol–water partition coefficient (Wildman–Crippen LogP) is 4.09. The first kappa shape index (κ1) is 23.8. The van der Waals surface area contributed by atoms with Crippen LogP contribution in [-0.2, 0) is 17.7 Å². The summed E-state index contributed by atoms with van der Waals surface area (Å²) in [6, 6.07) is 16.5. The summed E-state index contributed by atoms with van der Waals surface area (Å²) in [6.45, 7) is 7.77. The zero-order valence-corrected chi connectivity index (χ0v) is 20.0. The minimum atomic E-state index is 0. The summed E-state index contributed by atoms with van der Waals surface area (Å²) < 4.78 is 5.48. The first-order valence-electron chi connectivity index (χ1n) is 9.93. The highest BCUT2D eigenvalue weighted by atomic mass is 127. The smallest absolute Gasteiger partial charge is 0.191 e. The van der Waals surface area contributed by atoms with Crippen LogP contribution in [0.3, 0.4) is 0 Å². The average Bonchev–Trinajstić information content (AvgIpc) is 2.73. The molecule has 0 spiro atoms. The highest BCUT2D eigenvalue weighted by Gasteiger charge is 2.14.